The normalized spacial score (nSPS) is 10.7. The molecule has 112 valence electrons. The Labute approximate surface area is 132 Å². The summed E-state index contributed by atoms with van der Waals surface area (Å²) >= 11 is 6.03. The molecule has 0 aromatic heterocycles. The van der Waals surface area contributed by atoms with E-state index in [1.165, 1.54) is 11.1 Å². The summed E-state index contributed by atoms with van der Waals surface area (Å²) in [6.45, 7) is 8.21. The van der Waals surface area contributed by atoms with Crippen LogP contribution in [0.2, 0.25) is 5.02 Å². The topological polar surface area (TPSA) is 21.3 Å². The van der Waals surface area contributed by atoms with Gasteiger partial charge >= 0.3 is 0 Å². The van der Waals surface area contributed by atoms with E-state index in [2.05, 4.69) is 31.3 Å². The summed E-state index contributed by atoms with van der Waals surface area (Å²) < 4.78 is 5.90. The fourth-order valence-electron chi connectivity index (χ4n) is 2.15. The zero-order valence-corrected chi connectivity index (χ0v) is 13.6. The molecular formula is C18H22ClNO. The Hall–Kier alpha value is -1.51. The van der Waals surface area contributed by atoms with Crippen LogP contribution in [0.25, 0.3) is 0 Å². The number of nitrogens with one attached hydrogen (secondary N) is 1. The third kappa shape index (κ3) is 4.48. The van der Waals surface area contributed by atoms with E-state index in [-0.39, 0.29) is 0 Å². The van der Waals surface area contributed by atoms with Crippen LogP contribution in [0.5, 0.6) is 11.5 Å². The van der Waals surface area contributed by atoms with Crippen LogP contribution in [0.15, 0.2) is 36.4 Å². The van der Waals surface area contributed by atoms with Gasteiger partial charge in [-0.3, -0.25) is 0 Å². The van der Waals surface area contributed by atoms with Crippen molar-refractivity contribution in [3.05, 3.63) is 58.1 Å². The smallest absolute Gasteiger partial charge is 0.127 e. The van der Waals surface area contributed by atoms with Crippen molar-refractivity contribution in [2.45, 2.75) is 33.7 Å². The van der Waals surface area contributed by atoms with Gasteiger partial charge in [-0.15, -0.1) is 0 Å². The largest absolute Gasteiger partial charge is 0.457 e. The Morgan fingerprint density at radius 3 is 2.29 bits per heavy atom. The first-order valence-corrected chi connectivity index (χ1v) is 7.72. The molecule has 2 aromatic carbocycles. The Bertz CT molecular complexity index is 610. The fourth-order valence-corrected chi connectivity index (χ4v) is 2.26. The third-order valence-electron chi connectivity index (χ3n) is 3.42. The lowest BCUT2D eigenvalue weighted by atomic mass is 10.1. The number of rotatable bonds is 6. The van der Waals surface area contributed by atoms with Gasteiger partial charge in [0, 0.05) is 11.6 Å². The summed E-state index contributed by atoms with van der Waals surface area (Å²) in [5.74, 6) is 1.67. The molecule has 0 fully saturated rings. The highest BCUT2D eigenvalue weighted by atomic mass is 35.5. The molecule has 0 amide bonds. The molecule has 2 nitrogen and oxygen atoms in total. The number of ether oxygens (including phenoxy) is 1. The van der Waals surface area contributed by atoms with Crippen molar-refractivity contribution in [2.24, 2.45) is 0 Å². The molecule has 0 aliphatic carbocycles. The molecule has 0 bridgehead atoms. The maximum Gasteiger partial charge on any atom is 0.127 e. The molecule has 0 aliphatic rings. The van der Waals surface area contributed by atoms with Crippen molar-refractivity contribution in [1.82, 2.24) is 5.32 Å². The SMILES string of the molecule is CCCNCc1ccc(Oc2ccc(Cl)c(C)c2)cc1C. The molecule has 0 radical (unpaired) electrons. The van der Waals surface area contributed by atoms with E-state index in [9.17, 15) is 0 Å². The lowest BCUT2D eigenvalue weighted by molar-refractivity contribution is 0.481. The van der Waals surface area contributed by atoms with Gasteiger partial charge in [0.15, 0.2) is 0 Å². The van der Waals surface area contributed by atoms with Crippen LogP contribution in [-0.2, 0) is 6.54 Å². The van der Waals surface area contributed by atoms with Crippen LogP contribution in [0, 0.1) is 13.8 Å². The highest BCUT2D eigenvalue weighted by molar-refractivity contribution is 6.31. The molecule has 0 saturated heterocycles. The van der Waals surface area contributed by atoms with Gasteiger partial charge in [-0.2, -0.15) is 0 Å². The zero-order valence-electron chi connectivity index (χ0n) is 12.9. The number of benzene rings is 2. The monoisotopic (exact) mass is 303 g/mol. The quantitative estimate of drug-likeness (QED) is 0.736. The summed E-state index contributed by atoms with van der Waals surface area (Å²) in [4.78, 5) is 0. The molecular weight excluding hydrogens is 282 g/mol. The van der Waals surface area contributed by atoms with E-state index in [1.807, 2.05) is 31.2 Å². The first-order chi connectivity index (χ1) is 10.1. The van der Waals surface area contributed by atoms with Crippen molar-refractivity contribution >= 4 is 11.6 Å². The lowest BCUT2D eigenvalue weighted by Gasteiger charge is -2.11. The minimum Gasteiger partial charge on any atom is -0.457 e. The molecule has 0 unspecified atom stereocenters. The summed E-state index contributed by atoms with van der Waals surface area (Å²) in [5.41, 5.74) is 3.57. The molecule has 0 spiro atoms. The summed E-state index contributed by atoms with van der Waals surface area (Å²) in [6, 6.07) is 11.9. The average molecular weight is 304 g/mol. The first-order valence-electron chi connectivity index (χ1n) is 7.34. The first kappa shape index (κ1) is 15.9. The van der Waals surface area contributed by atoms with E-state index in [1.54, 1.807) is 0 Å². The van der Waals surface area contributed by atoms with Crippen LogP contribution in [0.3, 0.4) is 0 Å². The number of halogens is 1. The third-order valence-corrected chi connectivity index (χ3v) is 3.85. The maximum atomic E-state index is 6.03. The number of aryl methyl sites for hydroxylation is 2. The van der Waals surface area contributed by atoms with Gasteiger partial charge in [0.25, 0.3) is 0 Å². The van der Waals surface area contributed by atoms with E-state index >= 15 is 0 Å². The highest BCUT2D eigenvalue weighted by Crippen LogP contribution is 2.27. The van der Waals surface area contributed by atoms with Gasteiger partial charge in [-0.05, 0) is 73.8 Å². The molecule has 21 heavy (non-hydrogen) atoms. The van der Waals surface area contributed by atoms with Crippen LogP contribution >= 0.6 is 11.6 Å². The maximum absolute atomic E-state index is 6.03. The van der Waals surface area contributed by atoms with Gasteiger partial charge in [0.2, 0.25) is 0 Å². The van der Waals surface area contributed by atoms with Crippen LogP contribution in [0.4, 0.5) is 0 Å². The van der Waals surface area contributed by atoms with Crippen LogP contribution in [0.1, 0.15) is 30.0 Å². The van der Waals surface area contributed by atoms with Crippen molar-refractivity contribution in [2.75, 3.05) is 6.54 Å². The van der Waals surface area contributed by atoms with E-state index in [4.69, 9.17) is 16.3 Å². The highest BCUT2D eigenvalue weighted by Gasteiger charge is 2.03. The predicted octanol–water partition coefficient (Wildman–Crippen LogP) is 5.25. The Morgan fingerprint density at radius 1 is 1.00 bits per heavy atom. The van der Waals surface area contributed by atoms with Gasteiger partial charge in [0.05, 0.1) is 0 Å². The molecule has 2 aromatic rings. The zero-order chi connectivity index (χ0) is 15.2. The van der Waals surface area contributed by atoms with Gasteiger partial charge < -0.3 is 10.1 Å². The van der Waals surface area contributed by atoms with Crippen molar-refractivity contribution in [1.29, 1.82) is 0 Å². The van der Waals surface area contributed by atoms with Crippen molar-refractivity contribution < 1.29 is 4.74 Å². The minimum absolute atomic E-state index is 0.760. The molecule has 3 heteroatoms. The standard InChI is InChI=1S/C18H22ClNO/c1-4-9-20-12-15-5-6-16(10-13(15)2)21-17-7-8-18(19)14(3)11-17/h5-8,10-11,20H,4,9,12H2,1-3H3. The van der Waals surface area contributed by atoms with E-state index in [0.29, 0.717) is 0 Å². The molecule has 0 saturated carbocycles. The van der Waals surface area contributed by atoms with Gasteiger partial charge in [-0.1, -0.05) is 24.6 Å². The summed E-state index contributed by atoms with van der Waals surface area (Å²) in [6.07, 6.45) is 1.15. The van der Waals surface area contributed by atoms with Crippen molar-refractivity contribution in [3.8, 4) is 11.5 Å². The Morgan fingerprint density at radius 2 is 1.67 bits per heavy atom. The second-order valence-corrected chi connectivity index (χ2v) is 5.69. The summed E-state index contributed by atoms with van der Waals surface area (Å²) in [5, 5.41) is 4.18. The lowest BCUT2D eigenvalue weighted by Crippen LogP contribution is -2.14. The van der Waals surface area contributed by atoms with Crippen molar-refractivity contribution in [3.63, 3.8) is 0 Å². The Balaban J connectivity index is 2.07. The number of hydrogen-bond acceptors (Lipinski definition) is 2. The predicted molar refractivity (Wildman–Crippen MR) is 89.4 cm³/mol. The van der Waals surface area contributed by atoms with Gasteiger partial charge in [0.1, 0.15) is 11.5 Å². The molecule has 1 N–H and O–H groups in total. The molecule has 0 aliphatic heterocycles. The van der Waals surface area contributed by atoms with E-state index < -0.39 is 0 Å². The van der Waals surface area contributed by atoms with E-state index in [0.717, 1.165) is 41.6 Å². The minimum atomic E-state index is 0.760. The van der Waals surface area contributed by atoms with Crippen LogP contribution in [-0.4, -0.2) is 6.54 Å². The summed E-state index contributed by atoms with van der Waals surface area (Å²) in [7, 11) is 0. The fraction of sp³-hybridized carbons (Fsp3) is 0.333. The number of hydrogen-bond donors (Lipinski definition) is 1. The second-order valence-electron chi connectivity index (χ2n) is 5.28. The van der Waals surface area contributed by atoms with Gasteiger partial charge in [-0.25, -0.2) is 0 Å². The van der Waals surface area contributed by atoms with Crippen LogP contribution < -0.4 is 10.1 Å². The second kappa shape index (κ2) is 7.48. The molecule has 2 rings (SSSR count). The molecule has 0 atom stereocenters. The molecule has 0 heterocycles. The Kier molecular flexibility index (Phi) is 5.66. The average Bonchev–Trinajstić information content (AvgIpc) is 2.45.